The van der Waals surface area contributed by atoms with Crippen LogP contribution in [0.5, 0.6) is 11.5 Å². The normalized spacial score (nSPS) is 14.3. The number of nitrogens with one attached hydrogen (secondary N) is 2. The summed E-state index contributed by atoms with van der Waals surface area (Å²) in [7, 11) is 3.31. The summed E-state index contributed by atoms with van der Waals surface area (Å²) < 4.78 is 11.2. The minimum Gasteiger partial charge on any atom is -0.497 e. The van der Waals surface area contributed by atoms with E-state index in [9.17, 15) is 4.79 Å². The summed E-state index contributed by atoms with van der Waals surface area (Å²) in [5, 5.41) is 0. The molecule has 0 radical (unpaired) electrons. The van der Waals surface area contributed by atoms with Crippen LogP contribution < -0.4 is 15.0 Å². The zero-order valence-electron chi connectivity index (χ0n) is 14.1. The van der Waals surface area contributed by atoms with Gasteiger partial charge < -0.3 is 14.5 Å². The molecule has 1 aromatic heterocycles. The fraction of sp³-hybridized carbons (Fsp3) is 0.412. The van der Waals surface area contributed by atoms with Crippen molar-refractivity contribution in [2.24, 2.45) is 0 Å². The first-order chi connectivity index (χ1) is 11.5. The number of H-pyrrole nitrogens is 2. The van der Waals surface area contributed by atoms with Gasteiger partial charge in [-0.2, -0.15) is 0 Å². The van der Waals surface area contributed by atoms with Crippen molar-refractivity contribution in [3.8, 4) is 11.5 Å². The van der Waals surface area contributed by atoms with Crippen LogP contribution in [0, 0.1) is 11.7 Å². The van der Waals surface area contributed by atoms with Gasteiger partial charge in [-0.3, -0.25) is 14.7 Å². The first-order valence-electron chi connectivity index (χ1n) is 7.80. The van der Waals surface area contributed by atoms with Crippen LogP contribution in [0.1, 0.15) is 22.4 Å². The number of hydrogen-bond donors (Lipinski definition) is 2. The average Bonchev–Trinajstić information content (AvgIpc) is 2.56. The van der Waals surface area contributed by atoms with Crippen molar-refractivity contribution in [2.45, 2.75) is 26.4 Å². The number of benzene rings is 1. The standard InChI is InChI=1S/C17H21N3O3S/c1-10-6-11(22-2)7-15(23-3)12(10)8-20-5-4-14-13(9-20)16(21)19-17(24)18-14/h6-7H,4-5,8-9H2,1-3H3,(H2,18,19,21,24). The molecule has 0 aliphatic carbocycles. The molecule has 128 valence electrons. The molecule has 3 rings (SSSR count). The van der Waals surface area contributed by atoms with Crippen LogP contribution >= 0.6 is 12.2 Å². The second-order valence-electron chi connectivity index (χ2n) is 5.95. The summed E-state index contributed by atoms with van der Waals surface area (Å²) in [6.07, 6.45) is 0.778. The van der Waals surface area contributed by atoms with Crippen LogP contribution in [-0.2, 0) is 19.5 Å². The highest BCUT2D eigenvalue weighted by molar-refractivity contribution is 7.71. The summed E-state index contributed by atoms with van der Waals surface area (Å²) in [6, 6.07) is 3.89. The van der Waals surface area contributed by atoms with Gasteiger partial charge in [-0.25, -0.2) is 0 Å². The van der Waals surface area contributed by atoms with Crippen molar-refractivity contribution < 1.29 is 9.47 Å². The Kier molecular flexibility index (Phi) is 4.73. The number of fused-ring (bicyclic) bond motifs is 1. The molecule has 7 heteroatoms. The van der Waals surface area contributed by atoms with Gasteiger partial charge in [0.25, 0.3) is 5.56 Å². The highest BCUT2D eigenvalue weighted by atomic mass is 32.1. The van der Waals surface area contributed by atoms with Crippen molar-refractivity contribution in [2.75, 3.05) is 20.8 Å². The third-order valence-electron chi connectivity index (χ3n) is 4.43. The zero-order chi connectivity index (χ0) is 17.3. The van der Waals surface area contributed by atoms with Gasteiger partial charge in [-0.05, 0) is 30.8 Å². The van der Waals surface area contributed by atoms with Crippen LogP contribution in [0.2, 0.25) is 0 Å². The molecule has 0 amide bonds. The number of aromatic amines is 2. The smallest absolute Gasteiger partial charge is 0.256 e. The summed E-state index contributed by atoms with van der Waals surface area (Å²) in [6.45, 7) is 4.21. The lowest BCUT2D eigenvalue weighted by Crippen LogP contribution is -2.35. The maximum absolute atomic E-state index is 12.1. The lowest BCUT2D eigenvalue weighted by Gasteiger charge is -2.29. The molecule has 0 bridgehead atoms. The van der Waals surface area contributed by atoms with Crippen LogP contribution in [-0.4, -0.2) is 35.6 Å². The molecule has 1 aliphatic heterocycles. The Hall–Kier alpha value is -2.12. The van der Waals surface area contributed by atoms with E-state index in [1.165, 1.54) is 0 Å². The summed E-state index contributed by atoms with van der Waals surface area (Å²) >= 11 is 5.04. The molecule has 0 saturated carbocycles. The number of aromatic nitrogens is 2. The number of hydrogen-bond acceptors (Lipinski definition) is 5. The lowest BCUT2D eigenvalue weighted by molar-refractivity contribution is 0.237. The fourth-order valence-electron chi connectivity index (χ4n) is 3.13. The highest BCUT2D eigenvalue weighted by Crippen LogP contribution is 2.30. The first-order valence-corrected chi connectivity index (χ1v) is 8.21. The van der Waals surface area contributed by atoms with Crippen LogP contribution in [0.4, 0.5) is 0 Å². The van der Waals surface area contributed by atoms with E-state index in [1.54, 1.807) is 14.2 Å². The minimum atomic E-state index is -0.100. The molecular formula is C17H21N3O3S. The van der Waals surface area contributed by atoms with Gasteiger partial charge in [0, 0.05) is 43.4 Å². The Balaban J connectivity index is 1.88. The third-order valence-corrected chi connectivity index (χ3v) is 4.64. The van der Waals surface area contributed by atoms with Gasteiger partial charge in [0.05, 0.1) is 19.8 Å². The Morgan fingerprint density at radius 2 is 2.04 bits per heavy atom. The molecule has 6 nitrogen and oxygen atoms in total. The lowest BCUT2D eigenvalue weighted by atomic mass is 10.0. The van der Waals surface area contributed by atoms with Crippen LogP contribution in [0.25, 0.3) is 0 Å². The Morgan fingerprint density at radius 3 is 2.75 bits per heavy atom. The van der Waals surface area contributed by atoms with Gasteiger partial charge in [0.2, 0.25) is 0 Å². The Bertz CT molecular complexity index is 872. The predicted octanol–water partition coefficient (Wildman–Crippen LogP) is 2.32. The van der Waals surface area contributed by atoms with E-state index in [2.05, 4.69) is 14.9 Å². The Labute approximate surface area is 145 Å². The molecule has 0 atom stereocenters. The molecule has 0 fully saturated rings. The minimum absolute atomic E-state index is 0.100. The Morgan fingerprint density at radius 1 is 1.25 bits per heavy atom. The monoisotopic (exact) mass is 347 g/mol. The maximum Gasteiger partial charge on any atom is 0.256 e. The number of ether oxygens (including phenoxy) is 2. The van der Waals surface area contributed by atoms with Crippen LogP contribution in [0.15, 0.2) is 16.9 Å². The average molecular weight is 347 g/mol. The summed E-state index contributed by atoms with van der Waals surface area (Å²) in [5.41, 5.74) is 3.83. The van der Waals surface area contributed by atoms with Gasteiger partial charge in [0.1, 0.15) is 11.5 Å². The molecule has 1 aromatic carbocycles. The fourth-order valence-corrected chi connectivity index (χ4v) is 3.34. The van der Waals surface area contributed by atoms with E-state index in [4.69, 9.17) is 21.7 Å². The van der Waals surface area contributed by atoms with E-state index in [-0.39, 0.29) is 5.56 Å². The summed E-state index contributed by atoms with van der Waals surface area (Å²) in [5.74, 6) is 1.58. The quantitative estimate of drug-likeness (QED) is 0.831. The topological polar surface area (TPSA) is 70.3 Å². The summed E-state index contributed by atoms with van der Waals surface area (Å²) in [4.78, 5) is 20.1. The second kappa shape index (κ2) is 6.78. The van der Waals surface area contributed by atoms with E-state index in [0.717, 1.165) is 46.8 Å². The van der Waals surface area contributed by atoms with E-state index >= 15 is 0 Å². The molecule has 0 unspecified atom stereocenters. The van der Waals surface area contributed by atoms with Gasteiger partial charge in [0.15, 0.2) is 4.77 Å². The van der Waals surface area contributed by atoms with Crippen molar-refractivity contribution in [1.29, 1.82) is 0 Å². The highest BCUT2D eigenvalue weighted by Gasteiger charge is 2.21. The number of aryl methyl sites for hydroxylation is 1. The molecular weight excluding hydrogens is 326 g/mol. The van der Waals surface area contributed by atoms with Gasteiger partial charge in [-0.1, -0.05) is 0 Å². The SMILES string of the molecule is COc1cc(C)c(CN2CCc3[nH]c(=S)[nH]c(=O)c3C2)c(OC)c1. The first kappa shape index (κ1) is 16.7. The molecule has 2 N–H and O–H groups in total. The van der Waals surface area contributed by atoms with Gasteiger partial charge >= 0.3 is 0 Å². The van der Waals surface area contributed by atoms with Crippen molar-refractivity contribution in [3.05, 3.63) is 49.6 Å². The van der Waals surface area contributed by atoms with E-state index in [1.807, 2.05) is 19.1 Å². The molecule has 2 aromatic rings. The molecule has 0 spiro atoms. The predicted molar refractivity (Wildman–Crippen MR) is 94.3 cm³/mol. The van der Waals surface area contributed by atoms with Crippen molar-refractivity contribution in [1.82, 2.24) is 14.9 Å². The number of rotatable bonds is 4. The largest absolute Gasteiger partial charge is 0.497 e. The molecule has 1 aliphatic rings. The molecule has 24 heavy (non-hydrogen) atoms. The molecule has 2 heterocycles. The second-order valence-corrected chi connectivity index (χ2v) is 6.36. The van der Waals surface area contributed by atoms with E-state index < -0.39 is 0 Å². The third kappa shape index (κ3) is 3.22. The van der Waals surface area contributed by atoms with E-state index in [0.29, 0.717) is 17.9 Å². The van der Waals surface area contributed by atoms with Crippen molar-refractivity contribution >= 4 is 12.2 Å². The maximum atomic E-state index is 12.1. The zero-order valence-corrected chi connectivity index (χ0v) is 14.9. The number of nitrogens with zero attached hydrogens (tertiary/aromatic N) is 1. The van der Waals surface area contributed by atoms with Gasteiger partial charge in [-0.15, -0.1) is 0 Å². The number of methoxy groups -OCH3 is 2. The molecule has 0 saturated heterocycles. The van der Waals surface area contributed by atoms with Crippen LogP contribution in [0.3, 0.4) is 0 Å². The van der Waals surface area contributed by atoms with Crippen molar-refractivity contribution in [3.63, 3.8) is 0 Å².